The molecule has 248 valence electrons. The summed E-state index contributed by atoms with van der Waals surface area (Å²) in [6.07, 6.45) is 2.49. The third-order valence-electron chi connectivity index (χ3n) is 8.72. The molecule has 1 saturated carbocycles. The van der Waals surface area contributed by atoms with Crippen molar-refractivity contribution < 1.29 is 42.3 Å². The first kappa shape index (κ1) is 34.6. The number of alkyl halides is 3. The summed E-state index contributed by atoms with van der Waals surface area (Å²) in [5.41, 5.74) is -1.27. The summed E-state index contributed by atoms with van der Waals surface area (Å²) in [5.74, 6) is -4.91. The highest BCUT2D eigenvalue weighted by atomic mass is 19.4. The van der Waals surface area contributed by atoms with Crippen molar-refractivity contribution in [3.63, 3.8) is 0 Å². The number of aliphatic hydroxyl groups is 1. The van der Waals surface area contributed by atoms with Gasteiger partial charge in [-0.15, -0.1) is 0 Å². The largest absolute Gasteiger partial charge is 0.471 e. The van der Waals surface area contributed by atoms with Gasteiger partial charge in [0, 0.05) is 12.5 Å². The molecule has 0 radical (unpaired) electrons. The van der Waals surface area contributed by atoms with Crippen molar-refractivity contribution >= 4 is 29.4 Å². The highest BCUT2D eigenvalue weighted by molar-refractivity contribution is 6.04. The van der Waals surface area contributed by atoms with Crippen LogP contribution in [0.2, 0.25) is 0 Å². The summed E-state index contributed by atoms with van der Waals surface area (Å²) >= 11 is 0. The second-order valence-corrected chi connectivity index (χ2v) is 12.0. The number of Topliss-reactive ketones (excluding diaryl/α,β-unsaturated/α-hetero) is 1. The Labute approximate surface area is 264 Å². The number of aliphatic hydroxyl groups excluding tert-OH is 1. The van der Waals surface area contributed by atoms with Crippen molar-refractivity contribution in [1.29, 1.82) is 0 Å². The van der Waals surface area contributed by atoms with Crippen LogP contribution >= 0.6 is 0 Å². The zero-order valence-corrected chi connectivity index (χ0v) is 25.5. The topological polar surface area (TPSA) is 154 Å². The van der Waals surface area contributed by atoms with Crippen LogP contribution in [-0.2, 0) is 29.5 Å². The van der Waals surface area contributed by atoms with Gasteiger partial charge >= 0.3 is 12.1 Å². The predicted octanol–water partition coefficient (Wildman–Crippen LogP) is 2.86. The van der Waals surface area contributed by atoms with E-state index < -0.39 is 60.3 Å². The summed E-state index contributed by atoms with van der Waals surface area (Å²) in [7, 11) is 0. The van der Waals surface area contributed by atoms with Gasteiger partial charge in [0.1, 0.15) is 6.61 Å². The molecule has 1 unspecified atom stereocenters. The maximum atomic E-state index is 13.6. The molecule has 0 bridgehead atoms. The molecule has 1 heterocycles. The van der Waals surface area contributed by atoms with E-state index in [1.165, 1.54) is 56.4 Å². The normalized spacial score (nSPS) is 19.0. The molecule has 5 rings (SSSR count). The fourth-order valence-corrected chi connectivity index (χ4v) is 6.29. The summed E-state index contributed by atoms with van der Waals surface area (Å²) in [4.78, 5) is 62.6. The lowest BCUT2D eigenvalue weighted by Gasteiger charge is -2.32. The minimum Gasteiger partial charge on any atom is -0.389 e. The summed E-state index contributed by atoms with van der Waals surface area (Å²) < 4.78 is 40.1. The lowest BCUT2D eigenvalue weighted by molar-refractivity contribution is -0.176. The number of benzene rings is 2. The Hall–Kier alpha value is -4.26. The summed E-state index contributed by atoms with van der Waals surface area (Å²) in [6.45, 7) is 1.10. The second-order valence-electron chi connectivity index (χ2n) is 12.0. The minimum absolute atomic E-state index is 0.0722. The van der Waals surface area contributed by atoms with Gasteiger partial charge in [-0.05, 0) is 41.0 Å². The number of rotatable bonds is 9. The standard InChI is InChI=1S/C26H25F3N4O6.C7H14/c27-26(28,29)24(39)33-25(17-7-3-1-5-15(17)16-6-2-4-8-18(16)25)23(38)31-12-21(36)32-19(20(35)13-34)11-14-9-10-30-22(14)37;1-7-5-3-2-4-6-7/h1-8,14,19,34H,9-13H2,(H,30,37)(H,31,38)(H,32,36)(H,33,39);7H,2-6H2,1H3/t14?,19-;/m0./s1. The molecule has 2 aromatic carbocycles. The molecule has 4 amide bonds. The molecule has 0 spiro atoms. The van der Waals surface area contributed by atoms with Crippen molar-refractivity contribution in [2.75, 3.05) is 19.7 Å². The Kier molecular flexibility index (Phi) is 11.2. The van der Waals surface area contributed by atoms with Crippen LogP contribution in [0, 0.1) is 11.8 Å². The van der Waals surface area contributed by atoms with E-state index in [2.05, 4.69) is 22.9 Å². The number of hydrogen-bond acceptors (Lipinski definition) is 6. The van der Waals surface area contributed by atoms with Crippen LogP contribution in [0.25, 0.3) is 11.1 Å². The van der Waals surface area contributed by atoms with Gasteiger partial charge in [0.05, 0.1) is 12.6 Å². The number of nitrogens with one attached hydrogen (secondary N) is 4. The fraction of sp³-hybridized carbons (Fsp3) is 0.485. The van der Waals surface area contributed by atoms with Gasteiger partial charge in [0.15, 0.2) is 11.3 Å². The molecule has 0 aromatic heterocycles. The maximum Gasteiger partial charge on any atom is 0.471 e. The fourth-order valence-electron chi connectivity index (χ4n) is 6.29. The van der Waals surface area contributed by atoms with E-state index in [9.17, 15) is 42.3 Å². The first-order valence-corrected chi connectivity index (χ1v) is 15.5. The number of amides is 4. The van der Waals surface area contributed by atoms with Gasteiger partial charge in [-0.25, -0.2) is 0 Å². The van der Waals surface area contributed by atoms with E-state index in [4.69, 9.17) is 0 Å². The molecule has 13 heteroatoms. The average Bonchev–Trinajstić information content (AvgIpc) is 3.58. The molecule has 3 aliphatic rings. The Morgan fingerprint density at radius 1 is 0.957 bits per heavy atom. The number of halogens is 3. The van der Waals surface area contributed by atoms with Crippen molar-refractivity contribution in [2.24, 2.45) is 11.8 Å². The maximum absolute atomic E-state index is 13.6. The second kappa shape index (κ2) is 14.9. The van der Waals surface area contributed by atoms with E-state index >= 15 is 0 Å². The Morgan fingerprint density at radius 2 is 1.54 bits per heavy atom. The molecule has 2 fully saturated rings. The van der Waals surface area contributed by atoms with Crippen molar-refractivity contribution in [2.45, 2.75) is 69.6 Å². The quantitative estimate of drug-likeness (QED) is 0.283. The number of ketones is 1. The molecule has 2 aliphatic carbocycles. The third-order valence-corrected chi connectivity index (χ3v) is 8.72. The first-order valence-electron chi connectivity index (χ1n) is 15.5. The number of carbonyl (C=O) groups is 5. The molecular formula is C33H39F3N4O6. The van der Waals surface area contributed by atoms with Crippen LogP contribution in [-0.4, -0.2) is 66.4 Å². The molecule has 1 aliphatic heterocycles. The lowest BCUT2D eigenvalue weighted by Crippen LogP contribution is -2.59. The molecule has 2 atom stereocenters. The van der Waals surface area contributed by atoms with Crippen molar-refractivity contribution in [3.8, 4) is 11.1 Å². The average molecular weight is 645 g/mol. The van der Waals surface area contributed by atoms with Gasteiger partial charge in [-0.3, -0.25) is 24.0 Å². The van der Waals surface area contributed by atoms with Crippen LogP contribution < -0.4 is 21.3 Å². The van der Waals surface area contributed by atoms with Gasteiger partial charge in [0.25, 0.3) is 5.91 Å². The van der Waals surface area contributed by atoms with E-state index in [1.807, 2.05) is 5.32 Å². The van der Waals surface area contributed by atoms with Crippen molar-refractivity contribution in [1.82, 2.24) is 21.3 Å². The smallest absolute Gasteiger partial charge is 0.389 e. The minimum atomic E-state index is -5.30. The van der Waals surface area contributed by atoms with E-state index in [1.54, 1.807) is 24.3 Å². The number of hydrogen-bond donors (Lipinski definition) is 5. The summed E-state index contributed by atoms with van der Waals surface area (Å²) in [5, 5.41) is 18.4. The van der Waals surface area contributed by atoms with Crippen LogP contribution in [0.4, 0.5) is 13.2 Å². The van der Waals surface area contributed by atoms with E-state index in [-0.39, 0.29) is 23.5 Å². The van der Waals surface area contributed by atoms with Crippen molar-refractivity contribution in [3.05, 3.63) is 59.7 Å². The zero-order valence-electron chi connectivity index (χ0n) is 25.5. The van der Waals surface area contributed by atoms with Crippen LogP contribution in [0.5, 0.6) is 0 Å². The molecular weight excluding hydrogens is 605 g/mol. The lowest BCUT2D eigenvalue weighted by atomic mass is 9.86. The predicted molar refractivity (Wildman–Crippen MR) is 162 cm³/mol. The Bertz CT molecular complexity index is 1410. The van der Waals surface area contributed by atoms with Gasteiger partial charge < -0.3 is 26.4 Å². The molecule has 1 saturated heterocycles. The van der Waals surface area contributed by atoms with E-state index in [0.717, 1.165) is 5.92 Å². The highest BCUT2D eigenvalue weighted by Gasteiger charge is 2.54. The Morgan fingerprint density at radius 3 is 2.02 bits per heavy atom. The number of carbonyl (C=O) groups excluding carboxylic acids is 5. The zero-order chi connectivity index (χ0) is 33.5. The summed E-state index contributed by atoms with van der Waals surface area (Å²) in [6, 6.07) is 11.1. The number of fused-ring (bicyclic) bond motifs is 3. The molecule has 5 N–H and O–H groups in total. The first-order chi connectivity index (χ1) is 21.9. The van der Waals surface area contributed by atoms with Crippen LogP contribution in [0.3, 0.4) is 0 Å². The third kappa shape index (κ3) is 7.75. The molecule has 2 aromatic rings. The van der Waals surface area contributed by atoms with Gasteiger partial charge in [0.2, 0.25) is 11.8 Å². The SMILES string of the molecule is CC1CCCCC1.O=C(CNC(=O)C1(NC(=O)C(F)(F)F)c2ccccc2-c2ccccc21)N[C@@H](CC1CCNC1=O)C(=O)CO. The van der Waals surface area contributed by atoms with Crippen LogP contribution in [0.15, 0.2) is 48.5 Å². The molecule has 10 nitrogen and oxygen atoms in total. The van der Waals surface area contributed by atoms with Gasteiger partial charge in [-0.2, -0.15) is 13.2 Å². The van der Waals surface area contributed by atoms with Gasteiger partial charge in [-0.1, -0.05) is 87.6 Å². The van der Waals surface area contributed by atoms with E-state index in [0.29, 0.717) is 24.1 Å². The monoisotopic (exact) mass is 644 g/mol. The Balaban J connectivity index is 0.000000606. The van der Waals surface area contributed by atoms with Crippen LogP contribution in [0.1, 0.15) is 63.0 Å². The molecule has 46 heavy (non-hydrogen) atoms. The highest BCUT2D eigenvalue weighted by Crippen LogP contribution is 2.48.